The van der Waals surface area contributed by atoms with Crippen LogP contribution in [0.4, 0.5) is 8.78 Å². The van der Waals surface area contributed by atoms with Crippen molar-refractivity contribution in [1.82, 2.24) is 0 Å². The summed E-state index contributed by atoms with van der Waals surface area (Å²) in [6.45, 7) is 4.26. The first-order valence-electron chi connectivity index (χ1n) is 14.2. The SMILES string of the molecule is C/C=C/CCc1c(F)cc(C2CCC(C3CCC4CC(CCCC)CCC4C3)CC2)cc1F. The molecule has 0 aromatic heterocycles. The third kappa shape index (κ3) is 6.29. The summed E-state index contributed by atoms with van der Waals surface area (Å²) in [5.74, 6) is 4.39. The Balaban J connectivity index is 1.27. The monoisotopic (exact) mass is 456 g/mol. The van der Waals surface area contributed by atoms with Crippen molar-refractivity contribution in [2.45, 2.75) is 116 Å². The largest absolute Gasteiger partial charge is 0.207 e. The third-order valence-electron chi connectivity index (χ3n) is 9.60. The molecule has 3 aliphatic rings. The second kappa shape index (κ2) is 12.0. The van der Waals surface area contributed by atoms with Gasteiger partial charge in [0.1, 0.15) is 11.6 Å². The number of allylic oxidation sites excluding steroid dienone is 2. The van der Waals surface area contributed by atoms with Gasteiger partial charge in [0.25, 0.3) is 0 Å². The van der Waals surface area contributed by atoms with E-state index in [9.17, 15) is 8.78 Å². The second-order valence-corrected chi connectivity index (χ2v) is 11.6. The first-order chi connectivity index (χ1) is 16.1. The van der Waals surface area contributed by atoms with Gasteiger partial charge in [-0.15, -0.1) is 0 Å². The number of benzene rings is 1. The molecule has 1 aromatic carbocycles. The smallest absolute Gasteiger partial charge is 0.129 e. The van der Waals surface area contributed by atoms with Crippen LogP contribution in [-0.2, 0) is 6.42 Å². The highest BCUT2D eigenvalue weighted by Crippen LogP contribution is 2.50. The molecule has 4 unspecified atom stereocenters. The van der Waals surface area contributed by atoms with Gasteiger partial charge in [0.15, 0.2) is 0 Å². The van der Waals surface area contributed by atoms with Gasteiger partial charge in [0, 0.05) is 5.56 Å². The van der Waals surface area contributed by atoms with Crippen molar-refractivity contribution in [2.75, 3.05) is 0 Å². The van der Waals surface area contributed by atoms with Crippen molar-refractivity contribution >= 4 is 0 Å². The fourth-order valence-corrected chi connectivity index (χ4v) is 7.62. The minimum absolute atomic E-state index is 0.256. The molecule has 0 saturated heterocycles. The predicted molar refractivity (Wildman–Crippen MR) is 135 cm³/mol. The lowest BCUT2D eigenvalue weighted by molar-refractivity contribution is 0.0614. The Labute approximate surface area is 201 Å². The molecule has 33 heavy (non-hydrogen) atoms. The van der Waals surface area contributed by atoms with Crippen molar-refractivity contribution in [2.24, 2.45) is 29.6 Å². The molecule has 0 N–H and O–H groups in total. The lowest BCUT2D eigenvalue weighted by Crippen LogP contribution is -2.34. The minimum atomic E-state index is -0.343. The van der Waals surface area contributed by atoms with E-state index in [4.69, 9.17) is 0 Å². The topological polar surface area (TPSA) is 0 Å². The second-order valence-electron chi connectivity index (χ2n) is 11.6. The van der Waals surface area contributed by atoms with Crippen LogP contribution in [0.15, 0.2) is 24.3 Å². The molecule has 184 valence electrons. The molecular weight excluding hydrogens is 410 g/mol. The van der Waals surface area contributed by atoms with E-state index in [1.807, 2.05) is 19.1 Å². The van der Waals surface area contributed by atoms with Gasteiger partial charge in [-0.3, -0.25) is 0 Å². The van der Waals surface area contributed by atoms with Crippen molar-refractivity contribution < 1.29 is 8.78 Å². The van der Waals surface area contributed by atoms with E-state index in [2.05, 4.69) is 6.92 Å². The molecule has 3 aliphatic carbocycles. The predicted octanol–water partition coefficient (Wildman–Crippen LogP) is 9.77. The highest BCUT2D eigenvalue weighted by Gasteiger charge is 2.38. The van der Waals surface area contributed by atoms with Crippen LogP contribution in [0.2, 0.25) is 0 Å². The Morgan fingerprint density at radius 1 is 0.818 bits per heavy atom. The maximum absolute atomic E-state index is 14.7. The Morgan fingerprint density at radius 2 is 1.42 bits per heavy atom. The molecule has 0 aliphatic heterocycles. The van der Waals surface area contributed by atoms with E-state index >= 15 is 0 Å². The Bertz CT molecular complexity index is 750. The average molecular weight is 457 g/mol. The summed E-state index contributed by atoms with van der Waals surface area (Å²) >= 11 is 0. The molecule has 0 bridgehead atoms. The van der Waals surface area contributed by atoms with Gasteiger partial charge in [0.05, 0.1) is 0 Å². The first-order valence-corrected chi connectivity index (χ1v) is 14.2. The zero-order chi connectivity index (χ0) is 23.2. The molecule has 0 amide bonds. The molecule has 3 saturated carbocycles. The van der Waals surface area contributed by atoms with E-state index < -0.39 is 0 Å². The highest BCUT2D eigenvalue weighted by atomic mass is 19.1. The van der Waals surface area contributed by atoms with Gasteiger partial charge in [-0.2, -0.15) is 0 Å². The number of halogens is 2. The first kappa shape index (κ1) is 24.9. The zero-order valence-corrected chi connectivity index (χ0v) is 21.1. The van der Waals surface area contributed by atoms with E-state index in [0.717, 1.165) is 48.0 Å². The van der Waals surface area contributed by atoms with Crippen LogP contribution in [0.25, 0.3) is 0 Å². The van der Waals surface area contributed by atoms with Crippen molar-refractivity contribution in [1.29, 1.82) is 0 Å². The molecular formula is C31H46F2. The molecule has 4 atom stereocenters. The van der Waals surface area contributed by atoms with Gasteiger partial charge < -0.3 is 0 Å². The van der Waals surface area contributed by atoms with E-state index in [1.54, 1.807) is 12.1 Å². The van der Waals surface area contributed by atoms with E-state index in [0.29, 0.717) is 18.8 Å². The Morgan fingerprint density at radius 3 is 2.09 bits per heavy atom. The van der Waals surface area contributed by atoms with Gasteiger partial charge in [0.2, 0.25) is 0 Å². The number of fused-ring (bicyclic) bond motifs is 1. The maximum Gasteiger partial charge on any atom is 0.129 e. The normalized spacial score (nSPS) is 32.7. The summed E-state index contributed by atoms with van der Waals surface area (Å²) in [7, 11) is 0. The zero-order valence-electron chi connectivity index (χ0n) is 21.1. The van der Waals surface area contributed by atoms with Crippen LogP contribution in [0.5, 0.6) is 0 Å². The number of hydrogen-bond acceptors (Lipinski definition) is 0. The van der Waals surface area contributed by atoms with Crippen LogP contribution in [0.1, 0.15) is 121 Å². The van der Waals surface area contributed by atoms with Crippen LogP contribution in [-0.4, -0.2) is 0 Å². The number of rotatable bonds is 8. The summed E-state index contributed by atoms with van der Waals surface area (Å²) in [6.07, 6.45) is 22.8. The van der Waals surface area contributed by atoms with Crippen molar-refractivity contribution in [3.63, 3.8) is 0 Å². The standard InChI is InChI=1S/C31H46F2/c1-3-5-7-9-29-30(32)20-28(21-31(29)33)24-14-12-23(13-15-24)26-17-16-25-18-22(8-6-4-2)10-11-27(25)19-26/h3,5,20-27H,4,6-19H2,1-2H3/b5-3+. The highest BCUT2D eigenvalue weighted by molar-refractivity contribution is 5.29. The Kier molecular flexibility index (Phi) is 9.05. The van der Waals surface area contributed by atoms with Crippen LogP contribution in [0, 0.1) is 41.2 Å². The Hall–Kier alpha value is -1.18. The summed E-state index contributed by atoms with van der Waals surface area (Å²) in [5.41, 5.74) is 1.15. The van der Waals surface area contributed by atoms with Gasteiger partial charge in [-0.1, -0.05) is 44.8 Å². The van der Waals surface area contributed by atoms with Crippen LogP contribution < -0.4 is 0 Å². The summed E-state index contributed by atoms with van der Waals surface area (Å²) < 4.78 is 29.3. The van der Waals surface area contributed by atoms with Gasteiger partial charge in [-0.05, 0) is 131 Å². The maximum atomic E-state index is 14.7. The molecule has 3 fully saturated rings. The molecule has 4 rings (SSSR count). The van der Waals surface area contributed by atoms with E-state index in [-0.39, 0.29) is 17.2 Å². The average Bonchev–Trinajstić information content (AvgIpc) is 2.84. The summed E-state index contributed by atoms with van der Waals surface area (Å²) in [6, 6.07) is 3.28. The fourth-order valence-electron chi connectivity index (χ4n) is 7.62. The van der Waals surface area contributed by atoms with Gasteiger partial charge in [-0.25, -0.2) is 8.78 Å². The van der Waals surface area contributed by atoms with Gasteiger partial charge >= 0.3 is 0 Å². The third-order valence-corrected chi connectivity index (χ3v) is 9.60. The lowest BCUT2D eigenvalue weighted by atomic mass is 9.60. The summed E-state index contributed by atoms with van der Waals surface area (Å²) in [5, 5.41) is 0. The minimum Gasteiger partial charge on any atom is -0.207 e. The van der Waals surface area contributed by atoms with E-state index in [1.165, 1.54) is 70.6 Å². The fraction of sp³-hybridized carbons (Fsp3) is 0.742. The van der Waals surface area contributed by atoms with Crippen LogP contribution >= 0.6 is 0 Å². The molecule has 0 radical (unpaired) electrons. The van der Waals surface area contributed by atoms with Crippen molar-refractivity contribution in [3.05, 3.63) is 47.0 Å². The quantitative estimate of drug-likeness (QED) is 0.341. The molecule has 0 nitrogen and oxygen atoms in total. The molecule has 2 heteroatoms. The number of hydrogen-bond donors (Lipinski definition) is 0. The molecule has 0 spiro atoms. The summed E-state index contributed by atoms with van der Waals surface area (Å²) in [4.78, 5) is 0. The van der Waals surface area contributed by atoms with Crippen molar-refractivity contribution in [3.8, 4) is 0 Å². The van der Waals surface area contributed by atoms with Crippen LogP contribution in [0.3, 0.4) is 0 Å². The number of unbranched alkanes of at least 4 members (excludes halogenated alkanes) is 1. The molecule has 1 aromatic rings. The molecule has 0 heterocycles. The lowest BCUT2D eigenvalue weighted by Gasteiger charge is -2.45.